The van der Waals surface area contributed by atoms with Crippen molar-refractivity contribution in [2.75, 3.05) is 14.2 Å². The molecule has 0 saturated carbocycles. The number of carbonyl (C=O) groups excluding carboxylic acids is 1. The number of nitrogens with one attached hydrogen (secondary N) is 1. The molecule has 1 aromatic heterocycles. The van der Waals surface area contributed by atoms with Crippen LogP contribution < -0.4 is 14.8 Å². The van der Waals surface area contributed by atoms with Gasteiger partial charge in [-0.15, -0.1) is 0 Å². The summed E-state index contributed by atoms with van der Waals surface area (Å²) in [5.41, 5.74) is 0.947. The molecule has 9 nitrogen and oxygen atoms in total. The minimum Gasteiger partial charge on any atom is -0.497 e. The fraction of sp³-hybridized carbons (Fsp3) is 0.238. The van der Waals surface area contributed by atoms with Gasteiger partial charge in [0.1, 0.15) is 23.4 Å². The number of nitrogens with zero attached hydrogens (tertiary/aromatic N) is 3. The maximum Gasteiger partial charge on any atom is 0.273 e. The van der Waals surface area contributed by atoms with E-state index in [0.29, 0.717) is 28.5 Å². The molecule has 1 atom stereocenters. The number of carbonyl (C=O) groups is 1. The summed E-state index contributed by atoms with van der Waals surface area (Å²) in [7, 11) is 4.91. The van der Waals surface area contributed by atoms with Crippen molar-refractivity contribution >= 4 is 11.6 Å². The van der Waals surface area contributed by atoms with Crippen LogP contribution in [0.5, 0.6) is 11.5 Å². The van der Waals surface area contributed by atoms with E-state index in [-0.39, 0.29) is 18.0 Å². The van der Waals surface area contributed by atoms with Crippen molar-refractivity contribution < 1.29 is 19.2 Å². The smallest absolute Gasteiger partial charge is 0.273 e. The van der Waals surface area contributed by atoms with Crippen molar-refractivity contribution in [3.8, 4) is 11.5 Å². The summed E-state index contributed by atoms with van der Waals surface area (Å²) < 4.78 is 12.5. The predicted molar refractivity (Wildman–Crippen MR) is 110 cm³/mol. The third kappa shape index (κ3) is 4.57. The SMILES string of the molecule is COc1cc(OC)cc([C@@H](NC(=O)Cc2ccccc2[N+](=O)[O-])c2nccn2C)c1. The third-order valence-corrected chi connectivity index (χ3v) is 4.67. The summed E-state index contributed by atoms with van der Waals surface area (Å²) in [6.07, 6.45) is 3.26. The molecule has 0 spiro atoms. The van der Waals surface area contributed by atoms with Gasteiger partial charge in [-0.2, -0.15) is 0 Å². The average Bonchev–Trinajstić information content (AvgIpc) is 3.17. The number of methoxy groups -OCH3 is 2. The summed E-state index contributed by atoms with van der Waals surface area (Å²) in [6, 6.07) is 10.9. The minimum atomic E-state index is -0.607. The Kier molecular flexibility index (Phi) is 6.31. The van der Waals surface area contributed by atoms with E-state index in [2.05, 4.69) is 10.3 Å². The maximum atomic E-state index is 12.9. The van der Waals surface area contributed by atoms with Crippen molar-refractivity contribution in [2.45, 2.75) is 12.5 Å². The Morgan fingerprint density at radius 2 is 1.87 bits per heavy atom. The highest BCUT2D eigenvalue weighted by atomic mass is 16.6. The largest absolute Gasteiger partial charge is 0.497 e. The van der Waals surface area contributed by atoms with Gasteiger partial charge in [0.25, 0.3) is 5.69 Å². The van der Waals surface area contributed by atoms with Gasteiger partial charge in [0, 0.05) is 37.1 Å². The number of hydrogen-bond acceptors (Lipinski definition) is 6. The van der Waals surface area contributed by atoms with E-state index in [1.54, 1.807) is 67.6 Å². The van der Waals surface area contributed by atoms with Crippen LogP contribution in [0.3, 0.4) is 0 Å². The lowest BCUT2D eigenvalue weighted by atomic mass is 10.0. The van der Waals surface area contributed by atoms with E-state index in [1.807, 2.05) is 7.05 Å². The first-order valence-electron chi connectivity index (χ1n) is 9.14. The van der Waals surface area contributed by atoms with Crippen LogP contribution in [0.4, 0.5) is 5.69 Å². The molecule has 0 unspecified atom stereocenters. The molecule has 9 heteroatoms. The van der Waals surface area contributed by atoms with Crippen LogP contribution in [0.2, 0.25) is 0 Å². The highest BCUT2D eigenvalue weighted by Gasteiger charge is 2.24. The number of para-hydroxylation sites is 1. The standard InChI is InChI=1S/C21H22N4O5/c1-24-9-8-22-21(24)20(15-10-16(29-2)13-17(11-15)30-3)23-19(26)12-14-6-4-5-7-18(14)25(27)28/h4-11,13,20H,12H2,1-3H3,(H,23,26)/t20-/m1/s1. The first kappa shape index (κ1) is 20.8. The summed E-state index contributed by atoms with van der Waals surface area (Å²) in [6.45, 7) is 0. The number of benzene rings is 2. The molecular weight excluding hydrogens is 388 g/mol. The molecule has 0 fully saturated rings. The summed E-state index contributed by atoms with van der Waals surface area (Å²) in [5, 5.41) is 14.2. The number of amides is 1. The Balaban J connectivity index is 1.94. The monoisotopic (exact) mass is 410 g/mol. The first-order chi connectivity index (χ1) is 14.4. The zero-order valence-electron chi connectivity index (χ0n) is 16.9. The van der Waals surface area contributed by atoms with E-state index >= 15 is 0 Å². The van der Waals surface area contributed by atoms with Gasteiger partial charge in [-0.05, 0) is 17.7 Å². The second-order valence-corrected chi connectivity index (χ2v) is 6.61. The van der Waals surface area contributed by atoms with E-state index in [4.69, 9.17) is 9.47 Å². The van der Waals surface area contributed by atoms with Crippen molar-refractivity contribution in [3.05, 3.63) is 81.9 Å². The first-order valence-corrected chi connectivity index (χ1v) is 9.14. The Bertz CT molecular complexity index is 1040. The van der Waals surface area contributed by atoms with Crippen molar-refractivity contribution in [1.82, 2.24) is 14.9 Å². The molecule has 0 aliphatic rings. The molecule has 0 saturated heterocycles. The molecule has 0 aliphatic heterocycles. The van der Waals surface area contributed by atoms with E-state index in [0.717, 1.165) is 0 Å². The number of imidazole rings is 1. The van der Waals surface area contributed by atoms with Gasteiger partial charge in [0.2, 0.25) is 5.91 Å². The van der Waals surface area contributed by atoms with Crippen LogP contribution in [-0.4, -0.2) is 34.6 Å². The average molecular weight is 410 g/mol. The number of ether oxygens (including phenoxy) is 2. The normalized spacial score (nSPS) is 11.6. The highest BCUT2D eigenvalue weighted by molar-refractivity contribution is 5.80. The van der Waals surface area contributed by atoms with Gasteiger partial charge < -0.3 is 19.4 Å². The van der Waals surface area contributed by atoms with E-state index in [9.17, 15) is 14.9 Å². The van der Waals surface area contributed by atoms with Gasteiger partial charge in [0.05, 0.1) is 25.6 Å². The van der Waals surface area contributed by atoms with Crippen LogP contribution in [-0.2, 0) is 18.3 Å². The van der Waals surface area contributed by atoms with E-state index in [1.165, 1.54) is 6.07 Å². The molecule has 1 heterocycles. The molecule has 1 N–H and O–H groups in total. The van der Waals surface area contributed by atoms with E-state index < -0.39 is 11.0 Å². The van der Waals surface area contributed by atoms with Gasteiger partial charge in [0.15, 0.2) is 0 Å². The number of nitro groups is 1. The molecule has 0 aliphatic carbocycles. The quantitative estimate of drug-likeness (QED) is 0.452. The third-order valence-electron chi connectivity index (χ3n) is 4.67. The van der Waals surface area contributed by atoms with Crippen LogP contribution in [0, 0.1) is 10.1 Å². The molecule has 3 aromatic rings. The second-order valence-electron chi connectivity index (χ2n) is 6.61. The number of aromatic nitrogens is 2. The number of hydrogen-bond donors (Lipinski definition) is 1. The maximum absolute atomic E-state index is 12.9. The zero-order valence-corrected chi connectivity index (χ0v) is 16.9. The van der Waals surface area contributed by atoms with Gasteiger partial charge in [-0.3, -0.25) is 14.9 Å². The molecule has 3 rings (SSSR count). The van der Waals surface area contributed by atoms with Crippen LogP contribution in [0.15, 0.2) is 54.9 Å². The van der Waals surface area contributed by atoms with Gasteiger partial charge in [-0.1, -0.05) is 18.2 Å². The Morgan fingerprint density at radius 3 is 2.43 bits per heavy atom. The Labute approximate surface area is 173 Å². The number of nitro benzene ring substituents is 1. The summed E-state index contributed by atoms with van der Waals surface area (Å²) >= 11 is 0. The Hall–Kier alpha value is -3.88. The molecule has 30 heavy (non-hydrogen) atoms. The summed E-state index contributed by atoms with van der Waals surface area (Å²) in [5.74, 6) is 1.35. The number of rotatable bonds is 8. The second kappa shape index (κ2) is 9.08. The zero-order chi connectivity index (χ0) is 21.7. The minimum absolute atomic E-state index is 0.0933. The summed E-state index contributed by atoms with van der Waals surface area (Å²) in [4.78, 5) is 28.0. The molecule has 2 aromatic carbocycles. The highest BCUT2D eigenvalue weighted by Crippen LogP contribution is 2.29. The lowest BCUT2D eigenvalue weighted by molar-refractivity contribution is -0.385. The van der Waals surface area contributed by atoms with Crippen molar-refractivity contribution in [1.29, 1.82) is 0 Å². The van der Waals surface area contributed by atoms with Crippen LogP contribution in [0.25, 0.3) is 0 Å². The predicted octanol–water partition coefficient (Wildman–Crippen LogP) is 2.79. The number of aryl methyl sites for hydroxylation is 1. The molecule has 0 radical (unpaired) electrons. The Morgan fingerprint density at radius 1 is 1.20 bits per heavy atom. The van der Waals surface area contributed by atoms with Gasteiger partial charge >= 0.3 is 0 Å². The molecule has 1 amide bonds. The van der Waals surface area contributed by atoms with Crippen LogP contribution >= 0.6 is 0 Å². The fourth-order valence-corrected chi connectivity index (χ4v) is 3.17. The molecule has 156 valence electrons. The van der Waals surface area contributed by atoms with Gasteiger partial charge in [-0.25, -0.2) is 4.98 Å². The van der Waals surface area contributed by atoms with Crippen molar-refractivity contribution in [3.63, 3.8) is 0 Å². The molecule has 0 bridgehead atoms. The lowest BCUT2D eigenvalue weighted by Crippen LogP contribution is -2.32. The topological polar surface area (TPSA) is 109 Å². The van der Waals surface area contributed by atoms with Crippen molar-refractivity contribution in [2.24, 2.45) is 7.05 Å². The fourth-order valence-electron chi connectivity index (χ4n) is 3.17. The van der Waals surface area contributed by atoms with Crippen LogP contribution in [0.1, 0.15) is 23.0 Å². The lowest BCUT2D eigenvalue weighted by Gasteiger charge is -2.20. The molecular formula is C21H22N4O5.